The zero-order chi connectivity index (χ0) is 6.69. The Kier molecular flexibility index (Phi) is 7.05. The lowest BCUT2D eigenvalue weighted by Crippen LogP contribution is -1.95. The number of pyridine rings is 1. The van der Waals surface area contributed by atoms with E-state index in [1.807, 2.05) is 18.2 Å². The molecule has 0 fully saturated rings. The maximum Gasteiger partial charge on any atom is 0.0852 e. The van der Waals surface area contributed by atoms with Crippen molar-refractivity contribution in [3.05, 3.63) is 36.7 Å². The first kappa shape index (κ1) is 12.9. The molecule has 0 aliphatic heterocycles. The van der Waals surface area contributed by atoms with Gasteiger partial charge < -0.3 is 5.73 Å². The monoisotopic (exact) mass is 192 g/mol. The molecule has 62 valence electrons. The Morgan fingerprint density at radius 3 is 2.27 bits per heavy atom. The third kappa shape index (κ3) is 3.86. The van der Waals surface area contributed by atoms with Crippen molar-refractivity contribution in [3.8, 4) is 0 Å². The Morgan fingerprint density at radius 1 is 1.36 bits per heavy atom. The van der Waals surface area contributed by atoms with Gasteiger partial charge in [-0.1, -0.05) is 12.6 Å². The molecule has 2 nitrogen and oxygen atoms in total. The van der Waals surface area contributed by atoms with Gasteiger partial charge in [0.15, 0.2) is 0 Å². The van der Waals surface area contributed by atoms with Crippen LogP contribution in [-0.4, -0.2) is 4.98 Å². The number of rotatable bonds is 1. The molecule has 1 heterocycles. The molecule has 1 aromatic heterocycles. The van der Waals surface area contributed by atoms with E-state index in [9.17, 15) is 0 Å². The van der Waals surface area contributed by atoms with Crippen LogP contribution in [0.1, 0.15) is 5.69 Å². The van der Waals surface area contributed by atoms with Gasteiger partial charge in [0.2, 0.25) is 0 Å². The topological polar surface area (TPSA) is 38.9 Å². The van der Waals surface area contributed by atoms with E-state index in [0.29, 0.717) is 5.70 Å². The molecule has 4 heteroatoms. The van der Waals surface area contributed by atoms with Crippen molar-refractivity contribution in [2.24, 2.45) is 5.73 Å². The molecular weight excluding hydrogens is 183 g/mol. The summed E-state index contributed by atoms with van der Waals surface area (Å²) in [5.41, 5.74) is 6.61. The SMILES string of the molecule is C=C(N)c1ccccn1.Cl.Cl. The summed E-state index contributed by atoms with van der Waals surface area (Å²) in [6.07, 6.45) is 1.69. The summed E-state index contributed by atoms with van der Waals surface area (Å²) in [6.45, 7) is 3.54. The fourth-order valence-electron chi connectivity index (χ4n) is 0.553. The molecule has 0 saturated heterocycles. The van der Waals surface area contributed by atoms with Crippen LogP contribution in [0.5, 0.6) is 0 Å². The highest BCUT2D eigenvalue weighted by atomic mass is 35.5. The van der Waals surface area contributed by atoms with Crippen molar-refractivity contribution < 1.29 is 0 Å². The number of hydrogen-bond donors (Lipinski definition) is 1. The van der Waals surface area contributed by atoms with E-state index in [-0.39, 0.29) is 24.8 Å². The van der Waals surface area contributed by atoms with Gasteiger partial charge in [-0.2, -0.15) is 0 Å². The molecule has 11 heavy (non-hydrogen) atoms. The predicted octanol–water partition coefficient (Wildman–Crippen LogP) is 1.85. The second kappa shape index (κ2) is 6.01. The van der Waals surface area contributed by atoms with Crippen molar-refractivity contribution in [2.75, 3.05) is 0 Å². The molecule has 0 atom stereocenters. The van der Waals surface area contributed by atoms with Gasteiger partial charge in [0.05, 0.1) is 11.4 Å². The second-order valence-electron chi connectivity index (χ2n) is 1.74. The number of nitrogens with two attached hydrogens (primary N) is 1. The van der Waals surface area contributed by atoms with Crippen LogP contribution in [0.15, 0.2) is 31.0 Å². The molecule has 0 bridgehead atoms. The lowest BCUT2D eigenvalue weighted by Gasteiger charge is -1.93. The Labute approximate surface area is 78.3 Å². The molecule has 1 rings (SSSR count). The van der Waals surface area contributed by atoms with E-state index in [0.717, 1.165) is 5.69 Å². The lowest BCUT2D eigenvalue weighted by atomic mass is 10.3. The molecule has 0 amide bonds. The van der Waals surface area contributed by atoms with Gasteiger partial charge in [-0.05, 0) is 12.1 Å². The first-order valence-corrected chi connectivity index (χ1v) is 2.66. The quantitative estimate of drug-likeness (QED) is 0.739. The van der Waals surface area contributed by atoms with Gasteiger partial charge in [-0.3, -0.25) is 4.98 Å². The molecule has 0 spiro atoms. The highest BCUT2D eigenvalue weighted by Crippen LogP contribution is 1.98. The molecular formula is C7H10Cl2N2. The van der Waals surface area contributed by atoms with Gasteiger partial charge >= 0.3 is 0 Å². The smallest absolute Gasteiger partial charge is 0.0852 e. The molecule has 0 aliphatic carbocycles. The highest BCUT2D eigenvalue weighted by molar-refractivity contribution is 5.85. The Hall–Kier alpha value is -0.730. The van der Waals surface area contributed by atoms with Crippen molar-refractivity contribution >= 4 is 30.5 Å². The number of nitrogens with zero attached hydrogens (tertiary/aromatic N) is 1. The Balaban J connectivity index is 0. The zero-order valence-electron chi connectivity index (χ0n) is 5.86. The standard InChI is InChI=1S/C7H8N2.2ClH/c1-6(8)7-4-2-3-5-9-7;;/h2-5H,1,8H2;2*1H. The zero-order valence-corrected chi connectivity index (χ0v) is 7.49. The minimum Gasteiger partial charge on any atom is -0.397 e. The number of aromatic nitrogens is 1. The van der Waals surface area contributed by atoms with Gasteiger partial charge in [-0.25, -0.2) is 0 Å². The average molecular weight is 193 g/mol. The summed E-state index contributed by atoms with van der Waals surface area (Å²) in [4.78, 5) is 3.95. The predicted molar refractivity (Wildman–Crippen MR) is 52.0 cm³/mol. The third-order valence-corrected chi connectivity index (χ3v) is 0.994. The maximum atomic E-state index is 5.36. The fraction of sp³-hybridized carbons (Fsp3) is 0. The van der Waals surface area contributed by atoms with Crippen LogP contribution in [0.4, 0.5) is 0 Å². The van der Waals surface area contributed by atoms with Crippen LogP contribution in [0, 0.1) is 0 Å². The summed E-state index contributed by atoms with van der Waals surface area (Å²) in [5, 5.41) is 0. The first-order valence-electron chi connectivity index (χ1n) is 2.66. The number of hydrogen-bond acceptors (Lipinski definition) is 2. The van der Waals surface area contributed by atoms with E-state index in [1.54, 1.807) is 6.20 Å². The minimum absolute atomic E-state index is 0. The summed E-state index contributed by atoms with van der Waals surface area (Å²) >= 11 is 0. The van der Waals surface area contributed by atoms with Gasteiger partial charge in [0.1, 0.15) is 0 Å². The average Bonchev–Trinajstić information content (AvgIpc) is 1.90. The van der Waals surface area contributed by atoms with Crippen LogP contribution in [-0.2, 0) is 0 Å². The van der Waals surface area contributed by atoms with Crippen LogP contribution in [0.25, 0.3) is 5.70 Å². The van der Waals surface area contributed by atoms with E-state index < -0.39 is 0 Å². The lowest BCUT2D eigenvalue weighted by molar-refractivity contribution is 1.26. The van der Waals surface area contributed by atoms with Crippen LogP contribution < -0.4 is 5.73 Å². The van der Waals surface area contributed by atoms with E-state index in [4.69, 9.17) is 5.73 Å². The maximum absolute atomic E-state index is 5.36. The summed E-state index contributed by atoms with van der Waals surface area (Å²) < 4.78 is 0. The van der Waals surface area contributed by atoms with Gasteiger partial charge in [0, 0.05) is 6.20 Å². The van der Waals surface area contributed by atoms with Gasteiger partial charge in [-0.15, -0.1) is 24.8 Å². The van der Waals surface area contributed by atoms with Crippen LogP contribution in [0.2, 0.25) is 0 Å². The number of halogens is 2. The fourth-order valence-corrected chi connectivity index (χ4v) is 0.553. The van der Waals surface area contributed by atoms with Crippen molar-refractivity contribution in [2.45, 2.75) is 0 Å². The van der Waals surface area contributed by atoms with Crippen LogP contribution >= 0.6 is 24.8 Å². The largest absolute Gasteiger partial charge is 0.397 e. The summed E-state index contributed by atoms with van der Waals surface area (Å²) in [6, 6.07) is 5.54. The molecule has 0 aromatic carbocycles. The summed E-state index contributed by atoms with van der Waals surface area (Å²) in [5.74, 6) is 0. The normalized spacial score (nSPS) is 7.27. The molecule has 2 N–H and O–H groups in total. The molecule has 0 unspecified atom stereocenters. The minimum atomic E-state index is 0. The summed E-state index contributed by atoms with van der Waals surface area (Å²) in [7, 11) is 0. The van der Waals surface area contributed by atoms with Gasteiger partial charge in [0.25, 0.3) is 0 Å². The molecule has 1 aromatic rings. The van der Waals surface area contributed by atoms with E-state index in [2.05, 4.69) is 11.6 Å². The highest BCUT2D eigenvalue weighted by Gasteiger charge is 1.88. The molecule has 0 saturated carbocycles. The Bertz CT molecular complexity index is 211. The Morgan fingerprint density at radius 2 is 2.00 bits per heavy atom. The van der Waals surface area contributed by atoms with Crippen molar-refractivity contribution in [1.29, 1.82) is 0 Å². The van der Waals surface area contributed by atoms with E-state index in [1.165, 1.54) is 0 Å². The first-order chi connectivity index (χ1) is 4.30. The second-order valence-corrected chi connectivity index (χ2v) is 1.74. The molecule has 0 radical (unpaired) electrons. The van der Waals surface area contributed by atoms with Crippen molar-refractivity contribution in [1.82, 2.24) is 4.98 Å². The van der Waals surface area contributed by atoms with E-state index >= 15 is 0 Å². The van der Waals surface area contributed by atoms with Crippen LogP contribution in [0.3, 0.4) is 0 Å². The van der Waals surface area contributed by atoms with Crippen molar-refractivity contribution in [3.63, 3.8) is 0 Å². The molecule has 0 aliphatic rings. The third-order valence-electron chi connectivity index (χ3n) is 0.994.